The summed E-state index contributed by atoms with van der Waals surface area (Å²) in [6, 6.07) is 0. The monoisotopic (exact) mass is 201 g/mol. The number of alkyl halides is 1. The van der Waals surface area contributed by atoms with E-state index in [1.807, 2.05) is 18.2 Å². The van der Waals surface area contributed by atoms with Gasteiger partial charge in [-0.2, -0.15) is 0 Å². The maximum absolute atomic E-state index is 11.0. The van der Waals surface area contributed by atoms with Gasteiger partial charge in [-0.15, -0.1) is 0 Å². The van der Waals surface area contributed by atoms with Crippen LogP contribution in [0, 0.1) is 0 Å². The van der Waals surface area contributed by atoms with Crippen molar-refractivity contribution in [2.45, 2.75) is 0 Å². The molecule has 0 aromatic rings. The van der Waals surface area contributed by atoms with Crippen LogP contribution < -0.4 is 0 Å². The Morgan fingerprint density at radius 1 is 1.60 bits per heavy atom. The third-order valence-corrected chi connectivity index (χ3v) is 1.73. The number of nitrogens with zero attached hydrogens (tertiary/aromatic N) is 1. The molecule has 0 unspecified atom stereocenters. The second kappa shape index (κ2) is 3.56. The third kappa shape index (κ3) is 1.70. The smallest absolute Gasteiger partial charge is 0.237 e. The first-order valence-electron chi connectivity index (χ1n) is 3.03. The molecule has 0 spiro atoms. The molecule has 0 saturated heterocycles. The highest BCUT2D eigenvalue weighted by atomic mass is 79.9. The molecule has 0 bridgehead atoms. The third-order valence-electron chi connectivity index (χ3n) is 1.25. The fraction of sp³-hybridized carbons (Fsp3) is 0.286. The van der Waals surface area contributed by atoms with E-state index < -0.39 is 0 Å². The maximum Gasteiger partial charge on any atom is 0.237 e. The number of hydrogen-bond donors (Lipinski definition) is 0. The molecule has 1 rings (SSSR count). The topological polar surface area (TPSA) is 20.3 Å². The van der Waals surface area contributed by atoms with Crippen molar-refractivity contribution in [1.29, 1.82) is 0 Å². The zero-order valence-corrected chi connectivity index (χ0v) is 7.04. The Hall–Kier alpha value is -0.570. The van der Waals surface area contributed by atoms with Gasteiger partial charge in [-0.25, -0.2) is 0 Å². The van der Waals surface area contributed by atoms with Gasteiger partial charge in [-0.05, 0) is 6.08 Å². The van der Waals surface area contributed by atoms with Crippen molar-refractivity contribution in [3.8, 4) is 0 Å². The number of amides is 1. The first-order valence-corrected chi connectivity index (χ1v) is 4.15. The largest absolute Gasteiger partial charge is 0.315 e. The molecule has 2 nitrogen and oxygen atoms in total. The van der Waals surface area contributed by atoms with Gasteiger partial charge in [0.25, 0.3) is 0 Å². The molecule has 1 aliphatic rings. The summed E-state index contributed by atoms with van der Waals surface area (Å²) in [7, 11) is 0. The number of carbonyl (C=O) groups excluding carboxylic acids is 1. The molecule has 0 N–H and O–H groups in total. The van der Waals surface area contributed by atoms with Gasteiger partial charge in [0.15, 0.2) is 0 Å². The summed E-state index contributed by atoms with van der Waals surface area (Å²) in [5.41, 5.74) is 0. The molecule has 0 saturated carbocycles. The summed E-state index contributed by atoms with van der Waals surface area (Å²) in [6.07, 6.45) is 7.51. The molecule has 54 valence electrons. The molecule has 1 heterocycles. The summed E-state index contributed by atoms with van der Waals surface area (Å²) in [4.78, 5) is 12.6. The summed E-state index contributed by atoms with van der Waals surface area (Å²) >= 11 is 3.10. The van der Waals surface area contributed by atoms with Crippen LogP contribution in [0.25, 0.3) is 0 Å². The van der Waals surface area contributed by atoms with E-state index in [1.54, 1.807) is 11.1 Å². The molecule has 10 heavy (non-hydrogen) atoms. The van der Waals surface area contributed by atoms with Crippen LogP contribution in [-0.4, -0.2) is 22.7 Å². The Bertz CT molecular complexity index is 186. The SMILES string of the molecule is O=C(CBr)N1C=CC=CC1. The van der Waals surface area contributed by atoms with Crippen LogP contribution in [0.3, 0.4) is 0 Å². The quantitative estimate of drug-likeness (QED) is 0.586. The van der Waals surface area contributed by atoms with E-state index in [9.17, 15) is 4.79 Å². The highest BCUT2D eigenvalue weighted by Gasteiger charge is 2.07. The maximum atomic E-state index is 11.0. The van der Waals surface area contributed by atoms with Crippen molar-refractivity contribution >= 4 is 21.8 Å². The summed E-state index contributed by atoms with van der Waals surface area (Å²) in [5.74, 6) is 0.0978. The highest BCUT2D eigenvalue weighted by Crippen LogP contribution is 2.00. The van der Waals surface area contributed by atoms with Crippen LogP contribution in [0.4, 0.5) is 0 Å². The van der Waals surface area contributed by atoms with E-state index in [1.165, 1.54) is 0 Å². The Morgan fingerprint density at radius 3 is 2.90 bits per heavy atom. The molecule has 0 atom stereocenters. The van der Waals surface area contributed by atoms with Crippen molar-refractivity contribution < 1.29 is 4.79 Å². The fourth-order valence-electron chi connectivity index (χ4n) is 0.729. The Morgan fingerprint density at radius 2 is 2.40 bits per heavy atom. The molecular formula is C7H8BrNO. The lowest BCUT2D eigenvalue weighted by atomic mass is 10.3. The summed E-state index contributed by atoms with van der Waals surface area (Å²) < 4.78 is 0. The highest BCUT2D eigenvalue weighted by molar-refractivity contribution is 9.09. The van der Waals surface area contributed by atoms with E-state index >= 15 is 0 Å². The molecule has 0 aliphatic carbocycles. The fourth-order valence-corrected chi connectivity index (χ4v) is 1.05. The van der Waals surface area contributed by atoms with Gasteiger partial charge in [-0.3, -0.25) is 4.79 Å². The van der Waals surface area contributed by atoms with Crippen LogP contribution >= 0.6 is 15.9 Å². The van der Waals surface area contributed by atoms with Gasteiger partial charge >= 0.3 is 0 Å². The lowest BCUT2D eigenvalue weighted by Gasteiger charge is -2.16. The molecular weight excluding hydrogens is 194 g/mol. The van der Waals surface area contributed by atoms with Crippen molar-refractivity contribution in [3.05, 3.63) is 24.4 Å². The number of hydrogen-bond acceptors (Lipinski definition) is 1. The van der Waals surface area contributed by atoms with E-state index in [0.717, 1.165) is 0 Å². The number of rotatable bonds is 1. The summed E-state index contributed by atoms with van der Waals surface area (Å²) in [6.45, 7) is 0.695. The van der Waals surface area contributed by atoms with Gasteiger partial charge in [0, 0.05) is 12.7 Å². The number of halogens is 1. The normalized spacial score (nSPS) is 15.9. The first kappa shape index (κ1) is 7.54. The van der Waals surface area contributed by atoms with E-state index in [-0.39, 0.29) is 5.91 Å². The number of carbonyl (C=O) groups is 1. The minimum atomic E-state index is 0.0978. The van der Waals surface area contributed by atoms with Crippen LogP contribution in [-0.2, 0) is 4.79 Å². The average Bonchev–Trinajstić information content (AvgIpc) is 2.05. The number of allylic oxidation sites excluding steroid dienone is 2. The minimum absolute atomic E-state index is 0.0978. The molecule has 0 aromatic carbocycles. The van der Waals surface area contributed by atoms with Gasteiger partial charge in [-0.1, -0.05) is 28.1 Å². The zero-order valence-electron chi connectivity index (χ0n) is 5.46. The molecule has 0 radical (unpaired) electrons. The molecule has 1 amide bonds. The van der Waals surface area contributed by atoms with Gasteiger partial charge in [0.2, 0.25) is 5.91 Å². The van der Waals surface area contributed by atoms with E-state index in [0.29, 0.717) is 11.9 Å². The second-order valence-electron chi connectivity index (χ2n) is 1.95. The predicted molar refractivity (Wildman–Crippen MR) is 43.8 cm³/mol. The zero-order chi connectivity index (χ0) is 7.40. The van der Waals surface area contributed by atoms with Gasteiger partial charge in [0.1, 0.15) is 0 Å². The minimum Gasteiger partial charge on any atom is -0.315 e. The molecule has 3 heteroatoms. The van der Waals surface area contributed by atoms with Crippen molar-refractivity contribution in [1.82, 2.24) is 4.90 Å². The molecule has 0 fully saturated rings. The van der Waals surface area contributed by atoms with Crippen molar-refractivity contribution in [2.24, 2.45) is 0 Å². The van der Waals surface area contributed by atoms with Crippen LogP contribution in [0.5, 0.6) is 0 Å². The lowest BCUT2D eigenvalue weighted by molar-refractivity contribution is -0.125. The summed E-state index contributed by atoms with van der Waals surface area (Å²) in [5, 5.41) is 0.394. The Balaban J connectivity index is 2.51. The van der Waals surface area contributed by atoms with Crippen molar-refractivity contribution in [2.75, 3.05) is 11.9 Å². The van der Waals surface area contributed by atoms with Crippen LogP contribution in [0.1, 0.15) is 0 Å². The predicted octanol–water partition coefficient (Wildman–Crippen LogP) is 1.29. The second-order valence-corrected chi connectivity index (χ2v) is 2.51. The molecule has 1 aliphatic heterocycles. The van der Waals surface area contributed by atoms with E-state index in [4.69, 9.17) is 0 Å². The van der Waals surface area contributed by atoms with E-state index in [2.05, 4.69) is 15.9 Å². The lowest BCUT2D eigenvalue weighted by Crippen LogP contribution is -2.27. The standard InChI is InChI=1S/C7H8BrNO/c8-6-7(10)9-4-2-1-3-5-9/h1-4H,5-6H2. The Kier molecular flexibility index (Phi) is 2.68. The first-order chi connectivity index (χ1) is 4.84. The average molecular weight is 202 g/mol. The van der Waals surface area contributed by atoms with Crippen molar-refractivity contribution in [3.63, 3.8) is 0 Å². The van der Waals surface area contributed by atoms with Gasteiger partial charge < -0.3 is 4.90 Å². The van der Waals surface area contributed by atoms with Crippen LogP contribution in [0.15, 0.2) is 24.4 Å². The van der Waals surface area contributed by atoms with Crippen LogP contribution in [0.2, 0.25) is 0 Å². The molecule has 0 aromatic heterocycles. The Labute approximate surface area is 68.3 Å². The van der Waals surface area contributed by atoms with Gasteiger partial charge in [0.05, 0.1) is 5.33 Å².